The minimum atomic E-state index is -3.72. The van der Waals surface area contributed by atoms with Crippen molar-refractivity contribution in [2.24, 2.45) is 5.92 Å². The van der Waals surface area contributed by atoms with Crippen LogP contribution >= 0.6 is 0 Å². The predicted octanol–water partition coefficient (Wildman–Crippen LogP) is 2.33. The van der Waals surface area contributed by atoms with Crippen molar-refractivity contribution in [3.8, 4) is 0 Å². The smallest absolute Gasteiger partial charge is 0.337 e. The van der Waals surface area contributed by atoms with Crippen LogP contribution < -0.4 is 5.32 Å². The van der Waals surface area contributed by atoms with E-state index in [0.717, 1.165) is 0 Å². The molecule has 1 aliphatic rings. The van der Waals surface area contributed by atoms with Gasteiger partial charge in [0.1, 0.15) is 5.82 Å². The highest BCUT2D eigenvalue weighted by Crippen LogP contribution is 2.24. The predicted molar refractivity (Wildman–Crippen MR) is 108 cm³/mol. The van der Waals surface area contributed by atoms with Crippen molar-refractivity contribution in [2.75, 3.05) is 20.2 Å². The fourth-order valence-corrected chi connectivity index (χ4v) is 4.83. The van der Waals surface area contributed by atoms with Gasteiger partial charge >= 0.3 is 5.97 Å². The Bertz CT molecular complexity index is 1020. The Morgan fingerprint density at radius 1 is 1.10 bits per heavy atom. The molecule has 2 aromatic rings. The molecule has 1 heterocycles. The van der Waals surface area contributed by atoms with E-state index < -0.39 is 16.0 Å². The first-order chi connectivity index (χ1) is 14.3. The van der Waals surface area contributed by atoms with E-state index in [2.05, 4.69) is 10.1 Å². The van der Waals surface area contributed by atoms with Crippen LogP contribution in [0.15, 0.2) is 53.4 Å². The number of benzene rings is 2. The number of halogens is 1. The van der Waals surface area contributed by atoms with E-state index in [-0.39, 0.29) is 47.7 Å². The van der Waals surface area contributed by atoms with Crippen LogP contribution in [0.5, 0.6) is 0 Å². The molecule has 0 aliphatic carbocycles. The Kier molecular flexibility index (Phi) is 6.84. The fourth-order valence-electron chi connectivity index (χ4n) is 3.36. The summed E-state index contributed by atoms with van der Waals surface area (Å²) in [6.07, 6.45) is 0.755. The molecule has 0 atom stereocenters. The molecule has 7 nitrogen and oxygen atoms in total. The zero-order chi connectivity index (χ0) is 21.7. The monoisotopic (exact) mass is 434 g/mol. The van der Waals surface area contributed by atoms with Crippen molar-refractivity contribution in [1.29, 1.82) is 0 Å². The Labute approximate surface area is 174 Å². The quantitative estimate of drug-likeness (QED) is 0.705. The van der Waals surface area contributed by atoms with Crippen molar-refractivity contribution in [3.05, 3.63) is 65.5 Å². The van der Waals surface area contributed by atoms with Crippen LogP contribution in [-0.4, -0.2) is 44.8 Å². The average Bonchev–Trinajstić information content (AvgIpc) is 2.78. The molecule has 3 rings (SSSR count). The van der Waals surface area contributed by atoms with Gasteiger partial charge in [-0.3, -0.25) is 4.79 Å². The summed E-state index contributed by atoms with van der Waals surface area (Å²) >= 11 is 0. The lowest BCUT2D eigenvalue weighted by Crippen LogP contribution is -2.42. The number of rotatable bonds is 6. The highest BCUT2D eigenvalue weighted by Gasteiger charge is 2.32. The van der Waals surface area contributed by atoms with E-state index in [1.807, 2.05) is 0 Å². The van der Waals surface area contributed by atoms with Gasteiger partial charge in [-0.15, -0.1) is 0 Å². The zero-order valence-electron chi connectivity index (χ0n) is 16.5. The molecule has 0 spiro atoms. The maximum atomic E-state index is 13.7. The van der Waals surface area contributed by atoms with Gasteiger partial charge < -0.3 is 10.1 Å². The first kappa shape index (κ1) is 21.9. The van der Waals surface area contributed by atoms with Crippen molar-refractivity contribution in [1.82, 2.24) is 9.62 Å². The molecule has 0 radical (unpaired) electrons. The molecule has 1 amide bonds. The minimum absolute atomic E-state index is 0.0811. The van der Waals surface area contributed by atoms with E-state index in [1.54, 1.807) is 18.2 Å². The lowest BCUT2D eigenvalue weighted by molar-refractivity contribution is -0.126. The molecule has 160 valence electrons. The van der Waals surface area contributed by atoms with Crippen molar-refractivity contribution < 1.29 is 27.1 Å². The Morgan fingerprint density at radius 3 is 2.33 bits per heavy atom. The molecular weight excluding hydrogens is 411 g/mol. The normalized spacial score (nSPS) is 15.5. The molecule has 0 unspecified atom stereocenters. The van der Waals surface area contributed by atoms with Crippen LogP contribution in [-0.2, 0) is 26.1 Å². The first-order valence-electron chi connectivity index (χ1n) is 9.52. The Morgan fingerprint density at radius 2 is 1.73 bits per heavy atom. The molecule has 2 aromatic carbocycles. The van der Waals surface area contributed by atoms with Crippen LogP contribution in [0.4, 0.5) is 4.39 Å². The lowest BCUT2D eigenvalue weighted by Gasteiger charge is -2.30. The number of esters is 1. The molecule has 0 aromatic heterocycles. The number of hydrogen-bond donors (Lipinski definition) is 1. The summed E-state index contributed by atoms with van der Waals surface area (Å²) < 4.78 is 45.3. The van der Waals surface area contributed by atoms with Crippen LogP contribution in [0.2, 0.25) is 0 Å². The molecule has 0 bridgehead atoms. The number of carbonyl (C=O) groups is 2. The summed E-state index contributed by atoms with van der Waals surface area (Å²) in [6, 6.07) is 11.8. The molecule has 1 N–H and O–H groups in total. The van der Waals surface area contributed by atoms with Gasteiger partial charge in [-0.05, 0) is 43.2 Å². The van der Waals surface area contributed by atoms with Crippen LogP contribution in [0.25, 0.3) is 0 Å². The maximum absolute atomic E-state index is 13.7. The molecule has 30 heavy (non-hydrogen) atoms. The van der Waals surface area contributed by atoms with Crippen LogP contribution in [0.1, 0.15) is 28.8 Å². The van der Waals surface area contributed by atoms with Crippen LogP contribution in [0.3, 0.4) is 0 Å². The number of ether oxygens (including phenoxy) is 1. The number of sulfonamides is 1. The van der Waals surface area contributed by atoms with Crippen molar-refractivity contribution >= 4 is 21.9 Å². The fraction of sp³-hybridized carbons (Fsp3) is 0.333. The van der Waals surface area contributed by atoms with E-state index >= 15 is 0 Å². The first-order valence-corrected chi connectivity index (χ1v) is 11.0. The number of nitrogens with one attached hydrogen (secondary N) is 1. The molecule has 9 heteroatoms. The summed E-state index contributed by atoms with van der Waals surface area (Å²) in [5, 5.41) is 2.73. The maximum Gasteiger partial charge on any atom is 0.337 e. The summed E-state index contributed by atoms with van der Waals surface area (Å²) in [6.45, 7) is 0.508. The van der Waals surface area contributed by atoms with E-state index in [1.165, 1.54) is 41.7 Å². The summed E-state index contributed by atoms with van der Waals surface area (Å²) in [5.41, 5.74) is 0.669. The summed E-state index contributed by atoms with van der Waals surface area (Å²) in [7, 11) is -2.47. The topological polar surface area (TPSA) is 92.8 Å². The second kappa shape index (κ2) is 9.36. The lowest BCUT2D eigenvalue weighted by atomic mass is 9.97. The average molecular weight is 434 g/mol. The third-order valence-corrected chi connectivity index (χ3v) is 7.06. The summed E-state index contributed by atoms with van der Waals surface area (Å²) in [4.78, 5) is 24.0. The molecule has 1 aliphatic heterocycles. The van der Waals surface area contributed by atoms with Gasteiger partial charge in [0.15, 0.2) is 0 Å². The number of nitrogens with zero attached hydrogens (tertiary/aromatic N) is 1. The third-order valence-electron chi connectivity index (χ3n) is 5.15. The molecule has 1 saturated heterocycles. The number of carbonyl (C=O) groups excluding carboxylic acids is 2. The largest absolute Gasteiger partial charge is 0.465 e. The van der Waals surface area contributed by atoms with Gasteiger partial charge in [-0.25, -0.2) is 17.6 Å². The second-order valence-corrected chi connectivity index (χ2v) is 8.94. The van der Waals surface area contributed by atoms with E-state index in [4.69, 9.17) is 0 Å². The highest BCUT2D eigenvalue weighted by molar-refractivity contribution is 7.89. The second-order valence-electron chi connectivity index (χ2n) is 7.00. The molecule has 1 fully saturated rings. The van der Waals surface area contributed by atoms with Gasteiger partial charge in [0, 0.05) is 31.1 Å². The Balaban J connectivity index is 1.57. The third kappa shape index (κ3) is 4.85. The Hall–Kier alpha value is -2.78. The zero-order valence-corrected chi connectivity index (χ0v) is 17.3. The van der Waals surface area contributed by atoms with Gasteiger partial charge in [0.05, 0.1) is 17.6 Å². The number of piperidine rings is 1. The van der Waals surface area contributed by atoms with Gasteiger partial charge in [0.2, 0.25) is 15.9 Å². The van der Waals surface area contributed by atoms with Gasteiger partial charge in [-0.1, -0.05) is 18.2 Å². The number of amides is 1. The molecular formula is C21H23FN2O5S. The number of hydrogen-bond acceptors (Lipinski definition) is 5. The van der Waals surface area contributed by atoms with E-state index in [0.29, 0.717) is 18.4 Å². The highest BCUT2D eigenvalue weighted by atomic mass is 32.2. The van der Waals surface area contributed by atoms with Crippen molar-refractivity contribution in [3.63, 3.8) is 0 Å². The van der Waals surface area contributed by atoms with Crippen molar-refractivity contribution in [2.45, 2.75) is 24.3 Å². The number of methoxy groups -OCH3 is 1. The standard InChI is InChI=1S/C21H23FN2O5S/c1-29-21(26)16-6-8-18(9-7-16)30(27,28)24-12-10-15(11-13-24)20(25)23-14-17-4-2-3-5-19(17)22/h2-9,15H,10-14H2,1H3,(H,23,25). The molecule has 0 saturated carbocycles. The van der Waals surface area contributed by atoms with Gasteiger partial charge in [0.25, 0.3) is 0 Å². The summed E-state index contributed by atoms with van der Waals surface area (Å²) in [5.74, 6) is -1.46. The van der Waals surface area contributed by atoms with E-state index in [9.17, 15) is 22.4 Å². The van der Waals surface area contributed by atoms with Crippen LogP contribution in [0, 0.1) is 11.7 Å². The SMILES string of the molecule is COC(=O)c1ccc(S(=O)(=O)N2CCC(C(=O)NCc3ccccc3F)CC2)cc1. The van der Waals surface area contributed by atoms with Gasteiger partial charge in [-0.2, -0.15) is 4.31 Å². The minimum Gasteiger partial charge on any atom is -0.465 e.